The van der Waals surface area contributed by atoms with E-state index in [1.54, 1.807) is 36.4 Å². The van der Waals surface area contributed by atoms with Crippen LogP contribution in [0.25, 0.3) is 0 Å². The van der Waals surface area contributed by atoms with E-state index < -0.39 is 10.0 Å². The molecule has 152 valence electrons. The highest BCUT2D eigenvalue weighted by molar-refractivity contribution is 7.92. The summed E-state index contributed by atoms with van der Waals surface area (Å²) in [5.74, 6) is 0. The zero-order valence-corrected chi connectivity index (χ0v) is 17.5. The third-order valence-electron chi connectivity index (χ3n) is 4.37. The topological polar surface area (TPSA) is 73.8 Å². The van der Waals surface area contributed by atoms with Crippen molar-refractivity contribution in [3.8, 4) is 0 Å². The number of anilines is 2. The minimum atomic E-state index is -3.67. The Hall–Kier alpha value is -2.38. The second-order valence-corrected chi connectivity index (χ2v) is 7.88. The number of para-hydroxylation sites is 1. The first-order valence-corrected chi connectivity index (χ1v) is 11.2. The predicted molar refractivity (Wildman–Crippen MR) is 119 cm³/mol. The molecule has 3 rings (SSSR count). The Morgan fingerprint density at radius 1 is 1.00 bits per heavy atom. The van der Waals surface area contributed by atoms with Crippen molar-refractivity contribution >= 4 is 33.8 Å². The molecule has 1 aliphatic heterocycles. The van der Waals surface area contributed by atoms with E-state index in [0.29, 0.717) is 11.4 Å². The summed E-state index contributed by atoms with van der Waals surface area (Å²) in [7, 11) is -3.67. The van der Waals surface area contributed by atoms with Crippen LogP contribution in [0.2, 0.25) is 0 Å². The number of hydrogen-bond acceptors (Lipinski definition) is 5. The standard InChI is InChI=1S/C19H24N4O2S.C2H6/c1-20-19-17(22-26(24,25)16-8-3-2-4-9-16)10-5-11-18(19)23-14-6-12-21-13-7-15-23;1-2/h2-5,8-11,21-22H,1,6-7,12-15H2;1-2H3. The minimum Gasteiger partial charge on any atom is -0.370 e. The Balaban J connectivity index is 0.00000136. The van der Waals surface area contributed by atoms with Gasteiger partial charge < -0.3 is 10.2 Å². The van der Waals surface area contributed by atoms with Gasteiger partial charge in [-0.25, -0.2) is 8.42 Å². The molecule has 1 saturated heterocycles. The van der Waals surface area contributed by atoms with Crippen LogP contribution in [0.4, 0.5) is 17.1 Å². The van der Waals surface area contributed by atoms with Crippen molar-refractivity contribution in [1.82, 2.24) is 5.32 Å². The SMILES string of the molecule is C=Nc1c(NS(=O)(=O)c2ccccc2)cccc1N1CCCNCCC1.CC. The van der Waals surface area contributed by atoms with Crippen molar-refractivity contribution in [3.63, 3.8) is 0 Å². The van der Waals surface area contributed by atoms with Gasteiger partial charge in [0, 0.05) is 13.1 Å². The number of hydrogen-bond donors (Lipinski definition) is 2. The van der Waals surface area contributed by atoms with Crippen LogP contribution in [-0.2, 0) is 10.0 Å². The smallest absolute Gasteiger partial charge is 0.261 e. The van der Waals surface area contributed by atoms with Gasteiger partial charge in [0.2, 0.25) is 0 Å². The van der Waals surface area contributed by atoms with Crippen molar-refractivity contribution in [1.29, 1.82) is 0 Å². The molecule has 0 amide bonds. The lowest BCUT2D eigenvalue weighted by atomic mass is 10.2. The van der Waals surface area contributed by atoms with E-state index in [0.717, 1.165) is 44.7 Å². The maximum absolute atomic E-state index is 12.7. The molecule has 0 saturated carbocycles. The molecule has 0 aromatic heterocycles. The Bertz CT molecular complexity index is 846. The van der Waals surface area contributed by atoms with Gasteiger partial charge in [0.25, 0.3) is 10.0 Å². The maximum Gasteiger partial charge on any atom is 0.261 e. The molecule has 1 fully saturated rings. The molecule has 1 heterocycles. The molecular weight excluding hydrogens is 372 g/mol. The number of aliphatic imine (C=N–C) groups is 1. The third kappa shape index (κ3) is 5.56. The summed E-state index contributed by atoms with van der Waals surface area (Å²) in [5.41, 5.74) is 1.93. The molecule has 2 N–H and O–H groups in total. The maximum atomic E-state index is 12.7. The van der Waals surface area contributed by atoms with Gasteiger partial charge in [-0.05, 0) is 56.9 Å². The summed E-state index contributed by atoms with van der Waals surface area (Å²) < 4.78 is 28.0. The van der Waals surface area contributed by atoms with Crippen LogP contribution in [0, 0.1) is 0 Å². The average molecular weight is 403 g/mol. The Kier molecular flexibility index (Phi) is 8.47. The molecule has 2 aromatic carbocycles. The van der Waals surface area contributed by atoms with E-state index in [9.17, 15) is 8.42 Å². The summed E-state index contributed by atoms with van der Waals surface area (Å²) in [4.78, 5) is 6.62. The van der Waals surface area contributed by atoms with Crippen LogP contribution in [0.3, 0.4) is 0 Å². The number of nitrogens with zero attached hydrogens (tertiary/aromatic N) is 2. The molecular formula is C21H30N4O2S. The molecule has 0 unspecified atom stereocenters. The number of nitrogens with one attached hydrogen (secondary N) is 2. The van der Waals surface area contributed by atoms with Crippen LogP contribution in [0.5, 0.6) is 0 Å². The highest BCUT2D eigenvalue weighted by Crippen LogP contribution is 2.37. The van der Waals surface area contributed by atoms with Crippen LogP contribution in [0.1, 0.15) is 26.7 Å². The average Bonchev–Trinajstić information content (AvgIpc) is 2.70. The first-order valence-electron chi connectivity index (χ1n) is 9.75. The lowest BCUT2D eigenvalue weighted by molar-refractivity contribution is 0.567. The normalized spacial score (nSPS) is 14.9. The fourth-order valence-electron chi connectivity index (χ4n) is 3.11. The highest BCUT2D eigenvalue weighted by atomic mass is 32.2. The van der Waals surface area contributed by atoms with Gasteiger partial charge in [-0.15, -0.1) is 0 Å². The summed E-state index contributed by atoms with van der Waals surface area (Å²) in [6.07, 6.45) is 2.05. The second kappa shape index (κ2) is 10.8. The summed E-state index contributed by atoms with van der Waals surface area (Å²) in [6, 6.07) is 13.9. The van der Waals surface area contributed by atoms with Crippen LogP contribution < -0.4 is 14.9 Å². The van der Waals surface area contributed by atoms with E-state index in [1.165, 1.54) is 0 Å². The second-order valence-electron chi connectivity index (χ2n) is 6.19. The molecule has 0 aliphatic carbocycles. The number of rotatable bonds is 5. The fourth-order valence-corrected chi connectivity index (χ4v) is 4.19. The summed E-state index contributed by atoms with van der Waals surface area (Å²) >= 11 is 0. The van der Waals surface area contributed by atoms with Crippen molar-refractivity contribution in [2.45, 2.75) is 31.6 Å². The molecule has 28 heavy (non-hydrogen) atoms. The molecule has 6 nitrogen and oxygen atoms in total. The minimum absolute atomic E-state index is 0.220. The quantitative estimate of drug-likeness (QED) is 0.741. The zero-order valence-electron chi connectivity index (χ0n) is 16.7. The van der Waals surface area contributed by atoms with Gasteiger partial charge >= 0.3 is 0 Å². The molecule has 0 bridgehead atoms. The molecule has 2 aromatic rings. The summed E-state index contributed by atoms with van der Waals surface area (Å²) in [6.45, 7) is 11.4. The van der Waals surface area contributed by atoms with Crippen molar-refractivity contribution in [2.75, 3.05) is 35.8 Å². The van der Waals surface area contributed by atoms with Gasteiger partial charge in [0.15, 0.2) is 0 Å². The van der Waals surface area contributed by atoms with E-state index in [-0.39, 0.29) is 4.90 Å². The first-order chi connectivity index (χ1) is 13.6. The van der Waals surface area contributed by atoms with Crippen LogP contribution in [-0.4, -0.2) is 41.3 Å². The van der Waals surface area contributed by atoms with Crippen molar-refractivity contribution in [2.24, 2.45) is 4.99 Å². The Morgan fingerprint density at radius 3 is 2.25 bits per heavy atom. The summed E-state index contributed by atoms with van der Waals surface area (Å²) in [5, 5.41) is 3.39. The predicted octanol–water partition coefficient (Wildman–Crippen LogP) is 4.04. The van der Waals surface area contributed by atoms with E-state index in [4.69, 9.17) is 0 Å². The molecule has 7 heteroatoms. The lowest BCUT2D eigenvalue weighted by Gasteiger charge is -2.29. The Labute approximate surface area is 168 Å². The molecule has 1 aliphatic rings. The fraction of sp³-hybridized carbons (Fsp3) is 0.381. The van der Waals surface area contributed by atoms with E-state index >= 15 is 0 Å². The highest BCUT2D eigenvalue weighted by Gasteiger charge is 2.19. The third-order valence-corrected chi connectivity index (χ3v) is 5.76. The molecule has 0 radical (unpaired) electrons. The monoisotopic (exact) mass is 402 g/mol. The van der Waals surface area contributed by atoms with E-state index in [2.05, 4.69) is 26.6 Å². The molecule has 0 atom stereocenters. The number of sulfonamides is 1. The van der Waals surface area contributed by atoms with Crippen LogP contribution in [0.15, 0.2) is 58.4 Å². The molecule has 0 spiro atoms. The van der Waals surface area contributed by atoms with Gasteiger partial charge in [-0.1, -0.05) is 38.1 Å². The van der Waals surface area contributed by atoms with Crippen molar-refractivity contribution < 1.29 is 8.42 Å². The zero-order chi connectivity index (χ0) is 20.4. The van der Waals surface area contributed by atoms with Crippen molar-refractivity contribution in [3.05, 3.63) is 48.5 Å². The van der Waals surface area contributed by atoms with Gasteiger partial charge in [-0.2, -0.15) is 0 Å². The van der Waals surface area contributed by atoms with Crippen LogP contribution >= 0.6 is 0 Å². The van der Waals surface area contributed by atoms with Gasteiger partial charge in [0.1, 0.15) is 5.69 Å². The van der Waals surface area contributed by atoms with Gasteiger partial charge in [-0.3, -0.25) is 9.71 Å². The largest absolute Gasteiger partial charge is 0.370 e. The van der Waals surface area contributed by atoms with Gasteiger partial charge in [0.05, 0.1) is 16.3 Å². The number of benzene rings is 2. The van der Waals surface area contributed by atoms with E-state index in [1.807, 2.05) is 26.0 Å². The first kappa shape index (κ1) is 21.9. The Morgan fingerprint density at radius 2 is 1.64 bits per heavy atom. The lowest BCUT2D eigenvalue weighted by Crippen LogP contribution is -2.34.